The second-order valence-electron chi connectivity index (χ2n) is 3.85. The Labute approximate surface area is 99.9 Å². The Kier molecular flexibility index (Phi) is 3.10. The summed E-state index contributed by atoms with van der Waals surface area (Å²) in [6.07, 6.45) is 3.25. The van der Waals surface area contributed by atoms with Crippen LogP contribution in [0.1, 0.15) is 30.0 Å². The molecule has 0 aromatic carbocycles. The molecule has 2 heterocycles. The van der Waals surface area contributed by atoms with Crippen LogP contribution < -0.4 is 5.32 Å². The van der Waals surface area contributed by atoms with Gasteiger partial charge < -0.3 is 9.73 Å². The van der Waals surface area contributed by atoms with E-state index in [0.717, 1.165) is 17.2 Å². The highest BCUT2D eigenvalue weighted by molar-refractivity contribution is 5.56. The third-order valence-electron chi connectivity index (χ3n) is 2.50. The summed E-state index contributed by atoms with van der Waals surface area (Å²) in [5, 5.41) is 12.2. The Bertz CT molecular complexity index is 554. The van der Waals surface area contributed by atoms with Crippen molar-refractivity contribution in [2.45, 2.75) is 19.9 Å². The van der Waals surface area contributed by atoms with Crippen LogP contribution in [0.25, 0.3) is 0 Å². The molecule has 17 heavy (non-hydrogen) atoms. The Morgan fingerprint density at radius 1 is 1.41 bits per heavy atom. The summed E-state index contributed by atoms with van der Waals surface area (Å²) in [5.41, 5.74) is 1.30. The van der Waals surface area contributed by atoms with Gasteiger partial charge in [0.2, 0.25) is 0 Å². The summed E-state index contributed by atoms with van der Waals surface area (Å²) in [7, 11) is 0. The molecule has 0 spiro atoms. The highest BCUT2D eigenvalue weighted by atomic mass is 16.3. The van der Waals surface area contributed by atoms with E-state index in [0.29, 0.717) is 5.56 Å². The molecule has 0 radical (unpaired) electrons. The molecule has 2 rings (SSSR count). The molecule has 0 amide bonds. The predicted octanol–water partition coefficient (Wildman–Crippen LogP) is 3.03. The van der Waals surface area contributed by atoms with Crippen molar-refractivity contribution in [3.8, 4) is 6.07 Å². The van der Waals surface area contributed by atoms with Crippen molar-refractivity contribution in [2.75, 3.05) is 5.32 Å². The molecule has 0 saturated heterocycles. The SMILES string of the molecule is Cc1ccc(C(C)Nc2cnccc2C#N)o1. The number of nitrogens with one attached hydrogen (secondary N) is 1. The van der Waals surface area contributed by atoms with E-state index < -0.39 is 0 Å². The maximum atomic E-state index is 8.96. The van der Waals surface area contributed by atoms with E-state index in [9.17, 15) is 0 Å². The molecule has 0 aliphatic rings. The van der Waals surface area contributed by atoms with Gasteiger partial charge in [0.15, 0.2) is 0 Å². The maximum Gasteiger partial charge on any atom is 0.126 e. The van der Waals surface area contributed by atoms with Gasteiger partial charge in [-0.25, -0.2) is 0 Å². The number of rotatable bonds is 3. The number of hydrogen-bond donors (Lipinski definition) is 1. The highest BCUT2D eigenvalue weighted by Gasteiger charge is 2.11. The Morgan fingerprint density at radius 3 is 2.88 bits per heavy atom. The second kappa shape index (κ2) is 4.71. The molecule has 0 aliphatic carbocycles. The fraction of sp³-hybridized carbons (Fsp3) is 0.231. The van der Waals surface area contributed by atoms with Crippen molar-refractivity contribution < 1.29 is 4.42 Å². The van der Waals surface area contributed by atoms with Crippen LogP contribution in [-0.4, -0.2) is 4.98 Å². The third-order valence-corrected chi connectivity index (χ3v) is 2.50. The highest BCUT2D eigenvalue weighted by Crippen LogP contribution is 2.22. The van der Waals surface area contributed by atoms with E-state index in [2.05, 4.69) is 16.4 Å². The molecular formula is C13H13N3O. The van der Waals surface area contributed by atoms with Crippen LogP contribution in [0.4, 0.5) is 5.69 Å². The maximum absolute atomic E-state index is 8.96. The molecule has 4 nitrogen and oxygen atoms in total. The van der Waals surface area contributed by atoms with Crippen molar-refractivity contribution in [3.05, 3.63) is 47.7 Å². The van der Waals surface area contributed by atoms with Gasteiger partial charge in [-0.05, 0) is 32.0 Å². The lowest BCUT2D eigenvalue weighted by molar-refractivity contribution is 0.467. The summed E-state index contributed by atoms with van der Waals surface area (Å²) in [6.45, 7) is 3.88. The smallest absolute Gasteiger partial charge is 0.126 e. The normalized spacial score (nSPS) is 11.8. The number of pyridine rings is 1. The Balaban J connectivity index is 2.19. The molecule has 86 valence electrons. The van der Waals surface area contributed by atoms with Gasteiger partial charge in [0.05, 0.1) is 23.5 Å². The fourth-order valence-electron chi connectivity index (χ4n) is 1.60. The number of furan rings is 1. The van der Waals surface area contributed by atoms with E-state index >= 15 is 0 Å². The lowest BCUT2D eigenvalue weighted by atomic mass is 10.2. The lowest BCUT2D eigenvalue weighted by Crippen LogP contribution is -2.07. The number of aryl methyl sites for hydroxylation is 1. The van der Waals surface area contributed by atoms with E-state index in [1.54, 1.807) is 18.5 Å². The zero-order valence-electron chi connectivity index (χ0n) is 9.77. The summed E-state index contributed by atoms with van der Waals surface area (Å²) in [5.74, 6) is 1.72. The van der Waals surface area contributed by atoms with E-state index in [1.807, 2.05) is 26.0 Å². The molecule has 2 aromatic heterocycles. The van der Waals surface area contributed by atoms with Crippen molar-refractivity contribution in [3.63, 3.8) is 0 Å². The molecule has 1 unspecified atom stereocenters. The molecule has 0 bridgehead atoms. The number of nitriles is 1. The van der Waals surface area contributed by atoms with Crippen molar-refractivity contribution in [1.82, 2.24) is 4.98 Å². The van der Waals surface area contributed by atoms with Gasteiger partial charge in [0.25, 0.3) is 0 Å². The summed E-state index contributed by atoms with van der Waals surface area (Å²) in [4.78, 5) is 4.00. The van der Waals surface area contributed by atoms with Gasteiger partial charge in [0.1, 0.15) is 17.6 Å². The zero-order chi connectivity index (χ0) is 12.3. The number of nitrogens with zero attached hydrogens (tertiary/aromatic N) is 2. The van der Waals surface area contributed by atoms with Crippen LogP contribution >= 0.6 is 0 Å². The van der Waals surface area contributed by atoms with Gasteiger partial charge in [-0.3, -0.25) is 4.98 Å². The van der Waals surface area contributed by atoms with Gasteiger partial charge in [0, 0.05) is 6.20 Å². The van der Waals surface area contributed by atoms with Crippen LogP contribution in [0, 0.1) is 18.3 Å². The third kappa shape index (κ3) is 2.45. The van der Waals surface area contributed by atoms with Gasteiger partial charge in [-0.2, -0.15) is 5.26 Å². The van der Waals surface area contributed by atoms with Crippen LogP contribution in [0.5, 0.6) is 0 Å². The molecule has 1 atom stereocenters. The molecular weight excluding hydrogens is 214 g/mol. The number of anilines is 1. The van der Waals surface area contributed by atoms with Crippen LogP contribution in [-0.2, 0) is 0 Å². The second-order valence-corrected chi connectivity index (χ2v) is 3.85. The summed E-state index contributed by atoms with van der Waals surface area (Å²) < 4.78 is 5.53. The molecule has 2 aromatic rings. The monoisotopic (exact) mass is 227 g/mol. The molecule has 4 heteroatoms. The van der Waals surface area contributed by atoms with Crippen molar-refractivity contribution in [2.24, 2.45) is 0 Å². The lowest BCUT2D eigenvalue weighted by Gasteiger charge is -2.13. The van der Waals surface area contributed by atoms with E-state index in [4.69, 9.17) is 9.68 Å². The van der Waals surface area contributed by atoms with Gasteiger partial charge in [-0.15, -0.1) is 0 Å². The first kappa shape index (κ1) is 11.2. The van der Waals surface area contributed by atoms with Crippen molar-refractivity contribution in [1.29, 1.82) is 5.26 Å². The summed E-state index contributed by atoms with van der Waals surface area (Å²) in [6, 6.07) is 7.65. The van der Waals surface area contributed by atoms with Crippen LogP contribution in [0.2, 0.25) is 0 Å². The molecule has 0 fully saturated rings. The quantitative estimate of drug-likeness (QED) is 0.875. The Hall–Kier alpha value is -2.28. The minimum atomic E-state index is 0. The van der Waals surface area contributed by atoms with E-state index in [-0.39, 0.29) is 6.04 Å². The first-order chi connectivity index (χ1) is 8.20. The molecule has 0 aliphatic heterocycles. The zero-order valence-corrected chi connectivity index (χ0v) is 9.77. The number of aromatic nitrogens is 1. The van der Waals surface area contributed by atoms with Crippen molar-refractivity contribution >= 4 is 5.69 Å². The van der Waals surface area contributed by atoms with Gasteiger partial charge >= 0.3 is 0 Å². The van der Waals surface area contributed by atoms with Crippen LogP contribution in [0.15, 0.2) is 35.0 Å². The predicted molar refractivity (Wildman–Crippen MR) is 64.4 cm³/mol. The first-order valence-corrected chi connectivity index (χ1v) is 5.37. The minimum absolute atomic E-state index is 0. The minimum Gasteiger partial charge on any atom is -0.464 e. The average molecular weight is 227 g/mol. The fourth-order valence-corrected chi connectivity index (χ4v) is 1.60. The summed E-state index contributed by atoms with van der Waals surface area (Å²) >= 11 is 0. The Morgan fingerprint density at radius 2 is 2.24 bits per heavy atom. The standard InChI is InChI=1S/C13H13N3O/c1-9-3-4-13(17-9)10(2)16-12-8-15-6-5-11(12)7-14/h3-6,8,10,16H,1-2H3. The molecule has 0 saturated carbocycles. The average Bonchev–Trinajstić information content (AvgIpc) is 2.77. The first-order valence-electron chi connectivity index (χ1n) is 5.37. The number of hydrogen-bond acceptors (Lipinski definition) is 4. The molecule has 1 N–H and O–H groups in total. The van der Waals surface area contributed by atoms with Crippen LogP contribution in [0.3, 0.4) is 0 Å². The topological polar surface area (TPSA) is 61.9 Å². The largest absolute Gasteiger partial charge is 0.464 e. The van der Waals surface area contributed by atoms with E-state index in [1.165, 1.54) is 0 Å². The van der Waals surface area contributed by atoms with Gasteiger partial charge in [-0.1, -0.05) is 0 Å².